The standard InChI is InChI=1S/C15H20BrNO/c1-12-5-4-6-13(11-12)15(18)17(10-9-16)14-7-2-3-8-14/h4-6,11,14H,2-3,7-10H2,1H3. The molecule has 0 heterocycles. The van der Waals surface area contributed by atoms with Crippen LogP contribution in [0.4, 0.5) is 0 Å². The van der Waals surface area contributed by atoms with Crippen LogP contribution in [0.2, 0.25) is 0 Å². The molecule has 0 atom stereocenters. The number of carbonyl (C=O) groups excluding carboxylic acids is 1. The fourth-order valence-electron chi connectivity index (χ4n) is 2.70. The highest BCUT2D eigenvalue weighted by Crippen LogP contribution is 2.25. The molecule has 1 aliphatic rings. The second-order valence-electron chi connectivity index (χ2n) is 5.00. The minimum Gasteiger partial charge on any atom is -0.335 e. The van der Waals surface area contributed by atoms with Crippen LogP contribution in [0.3, 0.4) is 0 Å². The van der Waals surface area contributed by atoms with Gasteiger partial charge >= 0.3 is 0 Å². The first-order chi connectivity index (χ1) is 8.72. The first-order valence-corrected chi connectivity index (χ1v) is 7.78. The summed E-state index contributed by atoms with van der Waals surface area (Å²) in [6.45, 7) is 2.83. The smallest absolute Gasteiger partial charge is 0.254 e. The van der Waals surface area contributed by atoms with Gasteiger partial charge in [0.2, 0.25) is 0 Å². The summed E-state index contributed by atoms with van der Waals surface area (Å²) in [5.74, 6) is 0.185. The summed E-state index contributed by atoms with van der Waals surface area (Å²) >= 11 is 3.46. The lowest BCUT2D eigenvalue weighted by Gasteiger charge is -2.28. The number of rotatable bonds is 4. The Kier molecular flexibility index (Phi) is 4.81. The Balaban J connectivity index is 2.17. The highest BCUT2D eigenvalue weighted by Gasteiger charge is 2.26. The molecule has 0 aliphatic heterocycles. The van der Waals surface area contributed by atoms with Gasteiger partial charge in [-0.15, -0.1) is 0 Å². The first kappa shape index (κ1) is 13.6. The lowest BCUT2D eigenvalue weighted by atomic mass is 10.1. The van der Waals surface area contributed by atoms with Crippen molar-refractivity contribution in [2.75, 3.05) is 11.9 Å². The summed E-state index contributed by atoms with van der Waals surface area (Å²) in [7, 11) is 0. The van der Waals surface area contributed by atoms with Crippen molar-refractivity contribution < 1.29 is 4.79 Å². The molecule has 0 radical (unpaired) electrons. The summed E-state index contributed by atoms with van der Waals surface area (Å²) < 4.78 is 0. The van der Waals surface area contributed by atoms with Gasteiger partial charge in [0.15, 0.2) is 0 Å². The molecule has 3 heteroatoms. The topological polar surface area (TPSA) is 20.3 Å². The molecule has 0 bridgehead atoms. The monoisotopic (exact) mass is 309 g/mol. The van der Waals surface area contributed by atoms with Gasteiger partial charge in [-0.1, -0.05) is 46.5 Å². The fourth-order valence-corrected chi connectivity index (χ4v) is 3.08. The van der Waals surface area contributed by atoms with Crippen molar-refractivity contribution in [3.05, 3.63) is 35.4 Å². The number of halogens is 1. The third kappa shape index (κ3) is 3.14. The van der Waals surface area contributed by atoms with Gasteiger partial charge in [-0.25, -0.2) is 0 Å². The van der Waals surface area contributed by atoms with Crippen LogP contribution in [-0.2, 0) is 0 Å². The van der Waals surface area contributed by atoms with Gasteiger partial charge in [-0.2, -0.15) is 0 Å². The van der Waals surface area contributed by atoms with Crippen LogP contribution >= 0.6 is 15.9 Å². The van der Waals surface area contributed by atoms with Crippen LogP contribution in [0.15, 0.2) is 24.3 Å². The lowest BCUT2D eigenvalue weighted by Crippen LogP contribution is -2.40. The molecule has 18 heavy (non-hydrogen) atoms. The molecule has 98 valence electrons. The van der Waals surface area contributed by atoms with Gasteiger partial charge in [0.1, 0.15) is 0 Å². The summed E-state index contributed by atoms with van der Waals surface area (Å²) in [5, 5.41) is 0.848. The van der Waals surface area contributed by atoms with E-state index in [1.807, 2.05) is 31.2 Å². The van der Waals surface area contributed by atoms with E-state index in [0.29, 0.717) is 6.04 Å². The van der Waals surface area contributed by atoms with Crippen LogP contribution < -0.4 is 0 Å². The van der Waals surface area contributed by atoms with Crippen molar-refractivity contribution in [1.82, 2.24) is 4.90 Å². The van der Waals surface area contributed by atoms with Crippen LogP contribution in [0.5, 0.6) is 0 Å². The molecular weight excluding hydrogens is 290 g/mol. The fraction of sp³-hybridized carbons (Fsp3) is 0.533. The Hall–Kier alpha value is -0.830. The van der Waals surface area contributed by atoms with Crippen molar-refractivity contribution in [2.45, 2.75) is 38.6 Å². The zero-order valence-corrected chi connectivity index (χ0v) is 12.4. The molecule has 0 N–H and O–H groups in total. The molecular formula is C15H20BrNO. The van der Waals surface area contributed by atoms with Crippen LogP contribution in [-0.4, -0.2) is 28.7 Å². The second-order valence-corrected chi connectivity index (χ2v) is 5.79. The molecule has 0 spiro atoms. The van der Waals surface area contributed by atoms with Crippen LogP contribution in [0.25, 0.3) is 0 Å². The van der Waals surface area contributed by atoms with Gasteiger partial charge < -0.3 is 4.90 Å². The summed E-state index contributed by atoms with van der Waals surface area (Å²) in [4.78, 5) is 14.6. The molecule has 1 aliphatic carbocycles. The number of nitrogens with zero attached hydrogens (tertiary/aromatic N) is 1. The number of amides is 1. The Morgan fingerprint density at radius 2 is 2.11 bits per heavy atom. The Morgan fingerprint density at radius 3 is 2.72 bits per heavy atom. The molecule has 2 nitrogen and oxygen atoms in total. The van der Waals surface area contributed by atoms with Gasteiger partial charge in [-0.05, 0) is 31.9 Å². The largest absolute Gasteiger partial charge is 0.335 e. The van der Waals surface area contributed by atoms with E-state index in [0.717, 1.165) is 35.8 Å². The zero-order chi connectivity index (χ0) is 13.0. The van der Waals surface area contributed by atoms with E-state index >= 15 is 0 Å². The van der Waals surface area contributed by atoms with Crippen molar-refractivity contribution in [1.29, 1.82) is 0 Å². The van der Waals surface area contributed by atoms with E-state index in [9.17, 15) is 4.79 Å². The minimum atomic E-state index is 0.185. The van der Waals surface area contributed by atoms with E-state index in [2.05, 4.69) is 20.8 Å². The highest BCUT2D eigenvalue weighted by atomic mass is 79.9. The summed E-state index contributed by atoms with van der Waals surface area (Å²) in [5.41, 5.74) is 1.97. The van der Waals surface area contributed by atoms with E-state index in [1.165, 1.54) is 12.8 Å². The first-order valence-electron chi connectivity index (χ1n) is 6.66. The van der Waals surface area contributed by atoms with Crippen LogP contribution in [0, 0.1) is 6.92 Å². The third-order valence-electron chi connectivity index (χ3n) is 3.62. The van der Waals surface area contributed by atoms with Gasteiger partial charge in [0, 0.05) is 23.5 Å². The Labute approximate surface area is 117 Å². The predicted octanol–water partition coefficient (Wildman–Crippen LogP) is 3.77. The maximum absolute atomic E-state index is 12.6. The number of benzene rings is 1. The molecule has 0 unspecified atom stereocenters. The quantitative estimate of drug-likeness (QED) is 0.775. The van der Waals surface area contributed by atoms with Gasteiger partial charge in [0.05, 0.1) is 0 Å². The van der Waals surface area contributed by atoms with Crippen LogP contribution in [0.1, 0.15) is 41.6 Å². The molecule has 1 aromatic carbocycles. The number of alkyl halides is 1. The number of hydrogen-bond donors (Lipinski definition) is 0. The summed E-state index contributed by atoms with van der Waals surface area (Å²) in [6, 6.07) is 8.34. The Bertz CT molecular complexity index is 413. The lowest BCUT2D eigenvalue weighted by molar-refractivity contribution is 0.0696. The third-order valence-corrected chi connectivity index (χ3v) is 3.97. The number of aryl methyl sites for hydroxylation is 1. The van der Waals surface area contributed by atoms with Gasteiger partial charge in [-0.3, -0.25) is 4.79 Å². The predicted molar refractivity (Wildman–Crippen MR) is 78.3 cm³/mol. The van der Waals surface area contributed by atoms with Crippen molar-refractivity contribution in [2.24, 2.45) is 0 Å². The second kappa shape index (κ2) is 6.37. The maximum atomic E-state index is 12.6. The molecule has 1 amide bonds. The molecule has 0 aromatic heterocycles. The molecule has 0 saturated heterocycles. The average molecular weight is 310 g/mol. The molecule has 1 fully saturated rings. The average Bonchev–Trinajstić information content (AvgIpc) is 2.89. The number of carbonyl (C=O) groups is 1. The molecule has 2 rings (SSSR count). The van der Waals surface area contributed by atoms with E-state index < -0.39 is 0 Å². The number of hydrogen-bond acceptors (Lipinski definition) is 1. The summed E-state index contributed by atoms with van der Waals surface area (Å²) in [6.07, 6.45) is 4.82. The van der Waals surface area contributed by atoms with E-state index in [1.54, 1.807) is 0 Å². The Morgan fingerprint density at radius 1 is 1.39 bits per heavy atom. The highest BCUT2D eigenvalue weighted by molar-refractivity contribution is 9.09. The normalized spacial score (nSPS) is 15.9. The maximum Gasteiger partial charge on any atom is 0.254 e. The zero-order valence-electron chi connectivity index (χ0n) is 10.9. The molecule has 1 saturated carbocycles. The van der Waals surface area contributed by atoms with E-state index in [-0.39, 0.29) is 5.91 Å². The van der Waals surface area contributed by atoms with Crippen molar-refractivity contribution in [3.63, 3.8) is 0 Å². The van der Waals surface area contributed by atoms with Crippen molar-refractivity contribution >= 4 is 21.8 Å². The van der Waals surface area contributed by atoms with E-state index in [4.69, 9.17) is 0 Å². The minimum absolute atomic E-state index is 0.185. The van der Waals surface area contributed by atoms with Crippen molar-refractivity contribution in [3.8, 4) is 0 Å². The van der Waals surface area contributed by atoms with Gasteiger partial charge in [0.25, 0.3) is 5.91 Å². The molecule has 1 aromatic rings. The SMILES string of the molecule is Cc1cccc(C(=O)N(CCBr)C2CCCC2)c1.